The second-order valence-corrected chi connectivity index (χ2v) is 7.55. The molecule has 0 spiro atoms. The van der Waals surface area contributed by atoms with Gasteiger partial charge in [-0.2, -0.15) is 13.2 Å². The lowest BCUT2D eigenvalue weighted by Gasteiger charge is -2.35. The zero-order valence-electron chi connectivity index (χ0n) is 16.2. The lowest BCUT2D eigenvalue weighted by atomic mass is 9.91. The first-order chi connectivity index (χ1) is 13.3. The van der Waals surface area contributed by atoms with Crippen molar-refractivity contribution in [2.24, 2.45) is 5.92 Å². The topological polar surface area (TPSA) is 50.8 Å². The number of hydrogen-bond acceptors (Lipinski definition) is 5. The summed E-state index contributed by atoms with van der Waals surface area (Å²) in [6.45, 7) is 2.37. The third-order valence-corrected chi connectivity index (χ3v) is 5.76. The molecule has 28 heavy (non-hydrogen) atoms. The van der Waals surface area contributed by atoms with Gasteiger partial charge in [0.1, 0.15) is 0 Å². The Morgan fingerprint density at radius 3 is 2.57 bits per heavy atom. The number of piperidine rings is 1. The monoisotopic (exact) mass is 400 g/mol. The lowest BCUT2D eigenvalue weighted by molar-refractivity contribution is -0.146. The zero-order chi connectivity index (χ0) is 20.3. The van der Waals surface area contributed by atoms with Gasteiger partial charge < -0.3 is 19.7 Å². The maximum atomic E-state index is 13.3. The first kappa shape index (κ1) is 20.9. The summed E-state index contributed by atoms with van der Waals surface area (Å²) >= 11 is 0. The van der Waals surface area contributed by atoms with Crippen LogP contribution in [-0.2, 0) is 20.4 Å². The van der Waals surface area contributed by atoms with Crippen LogP contribution < -0.4 is 10.2 Å². The number of rotatable bonds is 5. The zero-order valence-corrected chi connectivity index (χ0v) is 16.2. The van der Waals surface area contributed by atoms with Crippen LogP contribution in [0.4, 0.5) is 18.9 Å². The molecule has 156 valence electrons. The van der Waals surface area contributed by atoms with Crippen molar-refractivity contribution in [3.8, 4) is 0 Å². The van der Waals surface area contributed by atoms with Crippen molar-refractivity contribution in [2.45, 2.75) is 37.4 Å². The standard InChI is InChI=1S/C20H27F3N2O3/c1-27-12-16-9-14(11-24-16)17-4-3-15(20(21,22)23)10-18(17)25-7-5-13(6-8-25)19(26)28-2/h3-4,10,13-14,16,24H,5-9,11-12H2,1-2H3/t14-,16-/m1/s1. The average Bonchev–Trinajstić information content (AvgIpc) is 3.15. The highest BCUT2D eigenvalue weighted by molar-refractivity contribution is 5.73. The number of halogens is 3. The minimum atomic E-state index is -4.38. The molecule has 0 radical (unpaired) electrons. The number of hydrogen-bond donors (Lipinski definition) is 1. The summed E-state index contributed by atoms with van der Waals surface area (Å²) in [6, 6.07) is 4.25. The Bertz CT molecular complexity index is 688. The van der Waals surface area contributed by atoms with Crippen LogP contribution in [-0.4, -0.2) is 52.5 Å². The Hall–Kier alpha value is -1.80. The summed E-state index contributed by atoms with van der Waals surface area (Å²) in [5.74, 6) is -0.295. The van der Waals surface area contributed by atoms with E-state index < -0.39 is 11.7 Å². The fraction of sp³-hybridized carbons (Fsp3) is 0.650. The predicted molar refractivity (Wildman–Crippen MR) is 99.4 cm³/mol. The Balaban J connectivity index is 1.84. The van der Waals surface area contributed by atoms with Crippen molar-refractivity contribution in [1.82, 2.24) is 5.32 Å². The molecule has 1 N–H and O–H groups in total. The van der Waals surface area contributed by atoms with Gasteiger partial charge in [-0.05, 0) is 42.9 Å². The van der Waals surface area contributed by atoms with E-state index in [1.54, 1.807) is 13.2 Å². The van der Waals surface area contributed by atoms with E-state index >= 15 is 0 Å². The third-order valence-electron chi connectivity index (χ3n) is 5.76. The van der Waals surface area contributed by atoms with Gasteiger partial charge in [0.05, 0.1) is 25.2 Å². The van der Waals surface area contributed by atoms with Crippen LogP contribution in [0.5, 0.6) is 0 Å². The van der Waals surface area contributed by atoms with Gasteiger partial charge in [-0.25, -0.2) is 0 Å². The van der Waals surface area contributed by atoms with Gasteiger partial charge in [0, 0.05) is 38.5 Å². The van der Waals surface area contributed by atoms with Crippen molar-refractivity contribution in [1.29, 1.82) is 0 Å². The van der Waals surface area contributed by atoms with Crippen LogP contribution in [0.1, 0.15) is 36.3 Å². The van der Waals surface area contributed by atoms with Gasteiger partial charge >= 0.3 is 12.1 Å². The van der Waals surface area contributed by atoms with E-state index in [2.05, 4.69) is 5.32 Å². The highest BCUT2D eigenvalue weighted by Gasteiger charge is 2.35. The Kier molecular flexibility index (Phi) is 6.50. The van der Waals surface area contributed by atoms with E-state index in [4.69, 9.17) is 9.47 Å². The van der Waals surface area contributed by atoms with Crippen molar-refractivity contribution in [3.63, 3.8) is 0 Å². The van der Waals surface area contributed by atoms with Gasteiger partial charge in [0.15, 0.2) is 0 Å². The van der Waals surface area contributed by atoms with E-state index in [-0.39, 0.29) is 23.8 Å². The van der Waals surface area contributed by atoms with Crippen LogP contribution in [0, 0.1) is 5.92 Å². The minimum Gasteiger partial charge on any atom is -0.469 e. The summed E-state index contributed by atoms with van der Waals surface area (Å²) in [5, 5.41) is 3.38. The van der Waals surface area contributed by atoms with Crippen molar-refractivity contribution < 1.29 is 27.4 Å². The molecule has 1 aromatic rings. The fourth-order valence-corrected chi connectivity index (χ4v) is 4.25. The van der Waals surface area contributed by atoms with E-state index in [0.717, 1.165) is 12.0 Å². The summed E-state index contributed by atoms with van der Waals surface area (Å²) < 4.78 is 49.9. The molecule has 5 nitrogen and oxygen atoms in total. The molecule has 2 fully saturated rings. The molecule has 0 saturated carbocycles. The minimum absolute atomic E-state index is 0.135. The van der Waals surface area contributed by atoms with Crippen LogP contribution in [0.2, 0.25) is 0 Å². The highest BCUT2D eigenvalue weighted by Crippen LogP contribution is 2.39. The van der Waals surface area contributed by atoms with Gasteiger partial charge in [-0.15, -0.1) is 0 Å². The lowest BCUT2D eigenvalue weighted by Crippen LogP contribution is -2.37. The molecule has 0 aliphatic carbocycles. The molecule has 1 aromatic carbocycles. The number of carbonyl (C=O) groups excluding carboxylic acids is 1. The number of anilines is 1. The van der Waals surface area contributed by atoms with E-state index in [1.807, 2.05) is 4.90 Å². The van der Waals surface area contributed by atoms with Crippen LogP contribution in [0.15, 0.2) is 18.2 Å². The molecule has 2 saturated heterocycles. The van der Waals surface area contributed by atoms with Gasteiger partial charge in [0.25, 0.3) is 0 Å². The molecule has 2 heterocycles. The first-order valence-corrected chi connectivity index (χ1v) is 9.59. The van der Waals surface area contributed by atoms with Crippen LogP contribution in [0.3, 0.4) is 0 Å². The smallest absolute Gasteiger partial charge is 0.416 e. The fourth-order valence-electron chi connectivity index (χ4n) is 4.25. The summed E-state index contributed by atoms with van der Waals surface area (Å²) in [4.78, 5) is 13.7. The second-order valence-electron chi connectivity index (χ2n) is 7.55. The molecule has 0 unspecified atom stereocenters. The first-order valence-electron chi connectivity index (χ1n) is 9.59. The van der Waals surface area contributed by atoms with Crippen LogP contribution >= 0.6 is 0 Å². The van der Waals surface area contributed by atoms with E-state index in [1.165, 1.54) is 19.2 Å². The summed E-state index contributed by atoms with van der Waals surface area (Å²) in [7, 11) is 3.01. The molecule has 2 aliphatic heterocycles. The molecule has 2 aliphatic rings. The molecule has 8 heteroatoms. The van der Waals surface area contributed by atoms with E-state index in [9.17, 15) is 18.0 Å². The normalized spacial score (nSPS) is 23.8. The van der Waals surface area contributed by atoms with Crippen molar-refractivity contribution >= 4 is 11.7 Å². The number of carbonyl (C=O) groups is 1. The summed E-state index contributed by atoms with van der Waals surface area (Å²) in [6.07, 6.45) is -2.40. The number of methoxy groups -OCH3 is 2. The Labute approximate surface area is 163 Å². The number of nitrogens with zero attached hydrogens (tertiary/aromatic N) is 1. The summed E-state index contributed by atoms with van der Waals surface area (Å²) in [5.41, 5.74) is 0.916. The average molecular weight is 400 g/mol. The molecule has 3 rings (SSSR count). The molecular weight excluding hydrogens is 373 g/mol. The molecule has 2 atom stereocenters. The van der Waals surface area contributed by atoms with Crippen LogP contribution in [0.25, 0.3) is 0 Å². The number of benzene rings is 1. The predicted octanol–water partition coefficient (Wildman–Crippen LogP) is 3.19. The Morgan fingerprint density at radius 2 is 1.96 bits per heavy atom. The maximum absolute atomic E-state index is 13.3. The number of nitrogens with one attached hydrogen (secondary N) is 1. The third kappa shape index (κ3) is 4.60. The molecule has 0 amide bonds. The molecule has 0 bridgehead atoms. The number of alkyl halides is 3. The van der Waals surface area contributed by atoms with Gasteiger partial charge in [0.2, 0.25) is 0 Å². The number of ether oxygens (including phenoxy) is 2. The SMILES string of the molecule is COC[C@H]1C[C@@H](c2ccc(C(F)(F)F)cc2N2CCC(C(=O)OC)CC2)CN1. The maximum Gasteiger partial charge on any atom is 0.416 e. The van der Waals surface area contributed by atoms with Crippen molar-refractivity contribution in [3.05, 3.63) is 29.3 Å². The molecule has 0 aromatic heterocycles. The Morgan fingerprint density at radius 1 is 1.25 bits per heavy atom. The largest absolute Gasteiger partial charge is 0.469 e. The second kappa shape index (κ2) is 8.69. The van der Waals surface area contributed by atoms with E-state index in [0.29, 0.717) is 44.8 Å². The van der Waals surface area contributed by atoms with Gasteiger partial charge in [-0.1, -0.05) is 6.07 Å². The molecular formula is C20H27F3N2O3. The number of esters is 1. The van der Waals surface area contributed by atoms with Crippen molar-refractivity contribution in [2.75, 3.05) is 45.4 Å². The quantitative estimate of drug-likeness (QED) is 0.770. The van der Waals surface area contributed by atoms with Gasteiger partial charge in [-0.3, -0.25) is 4.79 Å². The highest BCUT2D eigenvalue weighted by atomic mass is 19.4.